The number of nitrogens with zero attached hydrogens (tertiary/aromatic N) is 1. The highest BCUT2D eigenvalue weighted by molar-refractivity contribution is 5.96. The summed E-state index contributed by atoms with van der Waals surface area (Å²) >= 11 is 0. The molecule has 1 rings (SSSR count). The number of amides is 2. The lowest BCUT2D eigenvalue weighted by atomic mass is 10.0. The Kier molecular flexibility index (Phi) is 6.32. The van der Waals surface area contributed by atoms with Gasteiger partial charge in [-0.25, -0.2) is 0 Å². The Hall–Kier alpha value is -1.06. The lowest BCUT2D eigenvalue weighted by Gasteiger charge is -2.39. The van der Waals surface area contributed by atoms with Gasteiger partial charge >= 0.3 is 0 Å². The van der Waals surface area contributed by atoms with Crippen LogP contribution in [0.3, 0.4) is 0 Å². The molecule has 1 aliphatic heterocycles. The van der Waals surface area contributed by atoms with Crippen molar-refractivity contribution in [1.82, 2.24) is 10.2 Å². The molecule has 0 spiro atoms. The Labute approximate surface area is 116 Å². The number of carbonyl (C=O) groups is 2. The van der Waals surface area contributed by atoms with Crippen LogP contribution in [0.15, 0.2) is 0 Å². The highest BCUT2D eigenvalue weighted by Crippen LogP contribution is 2.18. The number of rotatable bonds is 7. The van der Waals surface area contributed by atoms with Crippen LogP contribution < -0.4 is 5.32 Å². The average Bonchev–Trinajstić information content (AvgIpc) is 2.36. The molecule has 2 atom stereocenters. The van der Waals surface area contributed by atoms with E-state index in [1.807, 2.05) is 11.8 Å². The van der Waals surface area contributed by atoms with Crippen LogP contribution in [0, 0.1) is 5.92 Å². The number of carbonyl (C=O) groups excluding carboxylic acids is 2. The molecule has 0 aromatic carbocycles. The molecule has 1 saturated heterocycles. The summed E-state index contributed by atoms with van der Waals surface area (Å²) in [6.07, 6.45) is 4.43. The van der Waals surface area contributed by atoms with Gasteiger partial charge in [-0.2, -0.15) is 0 Å². The lowest BCUT2D eigenvalue weighted by Crippen LogP contribution is -2.63. The first-order chi connectivity index (χ1) is 9.01. The van der Waals surface area contributed by atoms with Crippen molar-refractivity contribution in [3.63, 3.8) is 0 Å². The van der Waals surface area contributed by atoms with Gasteiger partial charge in [0.05, 0.1) is 0 Å². The van der Waals surface area contributed by atoms with Crippen molar-refractivity contribution in [2.24, 2.45) is 5.92 Å². The van der Waals surface area contributed by atoms with Gasteiger partial charge in [-0.05, 0) is 31.6 Å². The molecule has 0 aliphatic carbocycles. The van der Waals surface area contributed by atoms with Crippen LogP contribution in [0.1, 0.15) is 59.8 Å². The largest absolute Gasteiger partial charge is 0.343 e. The predicted octanol–water partition coefficient (Wildman–Crippen LogP) is 2.33. The van der Waals surface area contributed by atoms with Gasteiger partial charge in [0, 0.05) is 6.54 Å². The molecule has 110 valence electrons. The quantitative estimate of drug-likeness (QED) is 0.770. The molecule has 1 fully saturated rings. The van der Waals surface area contributed by atoms with Crippen molar-refractivity contribution >= 4 is 11.8 Å². The third kappa shape index (κ3) is 4.22. The fraction of sp³-hybridized carbons (Fsp3) is 0.867. The zero-order valence-corrected chi connectivity index (χ0v) is 12.7. The number of hydrogen-bond acceptors (Lipinski definition) is 2. The lowest BCUT2D eigenvalue weighted by molar-refractivity contribution is -0.149. The van der Waals surface area contributed by atoms with Gasteiger partial charge in [0.2, 0.25) is 11.8 Å². The van der Waals surface area contributed by atoms with E-state index in [4.69, 9.17) is 0 Å². The van der Waals surface area contributed by atoms with E-state index in [0.29, 0.717) is 18.9 Å². The Bertz CT molecular complexity index is 315. The van der Waals surface area contributed by atoms with Crippen LogP contribution in [-0.4, -0.2) is 35.3 Å². The topological polar surface area (TPSA) is 49.4 Å². The number of nitrogens with one attached hydrogen (secondary N) is 1. The molecule has 1 N–H and O–H groups in total. The van der Waals surface area contributed by atoms with Crippen molar-refractivity contribution < 1.29 is 9.59 Å². The minimum Gasteiger partial charge on any atom is -0.343 e. The van der Waals surface area contributed by atoms with E-state index in [1.54, 1.807) is 0 Å². The van der Waals surface area contributed by atoms with Crippen LogP contribution in [0.25, 0.3) is 0 Å². The molecule has 2 amide bonds. The van der Waals surface area contributed by atoms with Crippen LogP contribution in [-0.2, 0) is 9.59 Å². The fourth-order valence-corrected chi connectivity index (χ4v) is 2.60. The van der Waals surface area contributed by atoms with E-state index in [9.17, 15) is 9.59 Å². The van der Waals surface area contributed by atoms with Gasteiger partial charge in [-0.3, -0.25) is 9.59 Å². The summed E-state index contributed by atoms with van der Waals surface area (Å²) in [6, 6.07) is -0.577. The van der Waals surface area contributed by atoms with E-state index in [0.717, 1.165) is 25.7 Å². The van der Waals surface area contributed by atoms with Crippen LogP contribution >= 0.6 is 0 Å². The van der Waals surface area contributed by atoms with E-state index in [1.165, 1.54) is 0 Å². The van der Waals surface area contributed by atoms with Crippen LogP contribution in [0.5, 0.6) is 0 Å². The van der Waals surface area contributed by atoms with Crippen LogP contribution in [0.4, 0.5) is 0 Å². The van der Waals surface area contributed by atoms with Crippen molar-refractivity contribution in [2.45, 2.75) is 71.9 Å². The standard InChI is InChI=1S/C15H28N2O2/c1-5-8-13-14(18)16-12(6-2)15(19)17(13)10-7-9-11(3)4/h11-13H,5-10H2,1-4H3,(H,16,18). The molecule has 0 radical (unpaired) electrons. The summed E-state index contributed by atoms with van der Waals surface area (Å²) < 4.78 is 0. The average molecular weight is 268 g/mol. The normalized spacial score (nSPS) is 23.9. The summed E-state index contributed by atoms with van der Waals surface area (Å²) in [4.78, 5) is 26.3. The molecule has 4 heteroatoms. The highest BCUT2D eigenvalue weighted by atomic mass is 16.2. The van der Waals surface area contributed by atoms with E-state index in [-0.39, 0.29) is 23.9 Å². The Morgan fingerprint density at radius 3 is 2.47 bits per heavy atom. The maximum absolute atomic E-state index is 12.4. The first kappa shape index (κ1) is 16.0. The summed E-state index contributed by atoms with van der Waals surface area (Å²) in [5, 5.41) is 2.85. The van der Waals surface area contributed by atoms with E-state index < -0.39 is 0 Å². The van der Waals surface area contributed by atoms with E-state index >= 15 is 0 Å². The van der Waals surface area contributed by atoms with Gasteiger partial charge < -0.3 is 10.2 Å². The first-order valence-corrected chi connectivity index (χ1v) is 7.62. The molecule has 0 bridgehead atoms. The molecule has 0 aromatic rings. The molecule has 0 aromatic heterocycles. The molecular formula is C15H28N2O2. The number of piperazine rings is 1. The fourth-order valence-electron chi connectivity index (χ4n) is 2.60. The third-order valence-electron chi connectivity index (χ3n) is 3.73. The van der Waals surface area contributed by atoms with Gasteiger partial charge in [0.1, 0.15) is 12.1 Å². The maximum Gasteiger partial charge on any atom is 0.245 e. The van der Waals surface area contributed by atoms with Gasteiger partial charge in [-0.15, -0.1) is 0 Å². The van der Waals surface area contributed by atoms with Gasteiger partial charge in [0.15, 0.2) is 0 Å². The molecule has 2 unspecified atom stereocenters. The molecule has 1 heterocycles. The first-order valence-electron chi connectivity index (χ1n) is 7.62. The third-order valence-corrected chi connectivity index (χ3v) is 3.73. The molecule has 4 nitrogen and oxygen atoms in total. The summed E-state index contributed by atoms with van der Waals surface area (Å²) in [5.74, 6) is 0.766. The molecular weight excluding hydrogens is 240 g/mol. The molecule has 19 heavy (non-hydrogen) atoms. The maximum atomic E-state index is 12.4. The minimum atomic E-state index is -0.320. The minimum absolute atomic E-state index is 0.0258. The van der Waals surface area contributed by atoms with Crippen molar-refractivity contribution in [2.75, 3.05) is 6.54 Å². The second-order valence-corrected chi connectivity index (χ2v) is 5.84. The highest BCUT2D eigenvalue weighted by Gasteiger charge is 2.38. The van der Waals surface area contributed by atoms with Crippen LogP contribution in [0.2, 0.25) is 0 Å². The summed E-state index contributed by atoms with van der Waals surface area (Å²) in [5.41, 5.74) is 0. The van der Waals surface area contributed by atoms with Crippen molar-refractivity contribution in [1.29, 1.82) is 0 Å². The Morgan fingerprint density at radius 1 is 1.26 bits per heavy atom. The second-order valence-electron chi connectivity index (χ2n) is 5.84. The molecule has 1 aliphatic rings. The van der Waals surface area contributed by atoms with Gasteiger partial charge in [0.25, 0.3) is 0 Å². The summed E-state index contributed by atoms with van der Waals surface area (Å²) in [7, 11) is 0. The smallest absolute Gasteiger partial charge is 0.245 e. The number of hydrogen-bond donors (Lipinski definition) is 1. The summed E-state index contributed by atoms with van der Waals surface area (Å²) in [6.45, 7) is 9.07. The van der Waals surface area contributed by atoms with Gasteiger partial charge in [-0.1, -0.05) is 34.1 Å². The predicted molar refractivity (Wildman–Crippen MR) is 76.7 cm³/mol. The molecule has 0 saturated carbocycles. The zero-order valence-electron chi connectivity index (χ0n) is 12.7. The Balaban J connectivity index is 2.71. The van der Waals surface area contributed by atoms with Crippen molar-refractivity contribution in [3.05, 3.63) is 0 Å². The monoisotopic (exact) mass is 268 g/mol. The van der Waals surface area contributed by atoms with E-state index in [2.05, 4.69) is 26.1 Å². The Morgan fingerprint density at radius 2 is 1.95 bits per heavy atom. The second kappa shape index (κ2) is 7.51. The zero-order chi connectivity index (χ0) is 14.4. The van der Waals surface area contributed by atoms with Crippen molar-refractivity contribution in [3.8, 4) is 0 Å². The SMILES string of the molecule is CCCC1C(=O)NC(CC)C(=O)N1CCCC(C)C.